The van der Waals surface area contributed by atoms with E-state index in [0.717, 1.165) is 25.3 Å². The number of hydrogen-bond acceptors (Lipinski definition) is 2. The van der Waals surface area contributed by atoms with Gasteiger partial charge in [0.15, 0.2) is 0 Å². The van der Waals surface area contributed by atoms with Crippen molar-refractivity contribution in [3.05, 3.63) is 29.0 Å². The molecule has 0 saturated heterocycles. The van der Waals surface area contributed by atoms with Gasteiger partial charge in [-0.05, 0) is 24.6 Å². The number of anilines is 1. The molecule has 4 nitrogen and oxygen atoms in total. The Morgan fingerprint density at radius 1 is 1.26 bits per heavy atom. The molecule has 0 fully saturated rings. The van der Waals surface area contributed by atoms with Crippen LogP contribution in [0.3, 0.4) is 0 Å². The smallest absolute Gasteiger partial charge is 0.313 e. The molecular weight excluding hydrogens is 271 g/mol. The van der Waals surface area contributed by atoms with E-state index < -0.39 is 17.6 Å². The molecule has 0 aliphatic carbocycles. The normalized spacial score (nSPS) is 10.1. The molecule has 0 atom stereocenters. The third kappa shape index (κ3) is 5.26. The second-order valence-corrected chi connectivity index (χ2v) is 4.45. The van der Waals surface area contributed by atoms with Gasteiger partial charge >= 0.3 is 11.8 Å². The van der Waals surface area contributed by atoms with Crippen molar-refractivity contribution in [1.82, 2.24) is 5.32 Å². The molecule has 0 unspecified atom stereocenters. The molecule has 2 N–H and O–H groups in total. The average Bonchev–Trinajstić information content (AvgIpc) is 2.38. The standard InChI is InChI=1S/C13H16ClFN2O2/c1-2-3-4-7-16-12(18)13(19)17-9-5-6-11(15)10(14)8-9/h5-6,8H,2-4,7H2,1H3,(H,16,18)(H,17,19). The minimum absolute atomic E-state index is 0.110. The molecular formula is C13H16ClFN2O2. The summed E-state index contributed by atoms with van der Waals surface area (Å²) in [6.45, 7) is 2.51. The van der Waals surface area contributed by atoms with Crippen LogP contribution in [-0.2, 0) is 9.59 Å². The fourth-order valence-electron chi connectivity index (χ4n) is 1.42. The Balaban J connectivity index is 2.45. The van der Waals surface area contributed by atoms with Crippen molar-refractivity contribution in [2.24, 2.45) is 0 Å². The minimum Gasteiger partial charge on any atom is -0.348 e. The van der Waals surface area contributed by atoms with Crippen molar-refractivity contribution in [3.8, 4) is 0 Å². The van der Waals surface area contributed by atoms with E-state index in [-0.39, 0.29) is 10.7 Å². The maximum absolute atomic E-state index is 12.9. The molecule has 0 aliphatic rings. The predicted molar refractivity (Wildman–Crippen MR) is 72.6 cm³/mol. The van der Waals surface area contributed by atoms with Crippen LogP contribution in [0.1, 0.15) is 26.2 Å². The molecule has 0 heterocycles. The molecule has 1 aromatic rings. The molecule has 0 aliphatic heterocycles. The van der Waals surface area contributed by atoms with E-state index in [1.54, 1.807) is 0 Å². The lowest BCUT2D eigenvalue weighted by Crippen LogP contribution is -2.35. The van der Waals surface area contributed by atoms with Gasteiger partial charge in [0.05, 0.1) is 5.02 Å². The largest absolute Gasteiger partial charge is 0.348 e. The van der Waals surface area contributed by atoms with Crippen molar-refractivity contribution >= 4 is 29.1 Å². The Morgan fingerprint density at radius 3 is 2.63 bits per heavy atom. The van der Waals surface area contributed by atoms with Crippen LogP contribution >= 0.6 is 11.6 Å². The third-order valence-corrected chi connectivity index (χ3v) is 2.74. The molecule has 0 bridgehead atoms. The summed E-state index contributed by atoms with van der Waals surface area (Å²) in [6.07, 6.45) is 2.86. The van der Waals surface area contributed by atoms with Crippen LogP contribution in [0.15, 0.2) is 18.2 Å². The van der Waals surface area contributed by atoms with Gasteiger partial charge < -0.3 is 10.6 Å². The molecule has 6 heteroatoms. The molecule has 0 aromatic heterocycles. The van der Waals surface area contributed by atoms with Gasteiger partial charge in [0.2, 0.25) is 0 Å². The summed E-state index contributed by atoms with van der Waals surface area (Å²) in [5.74, 6) is -2.08. The van der Waals surface area contributed by atoms with Crippen molar-refractivity contribution in [2.75, 3.05) is 11.9 Å². The Hall–Kier alpha value is -1.62. The van der Waals surface area contributed by atoms with Crippen LogP contribution in [0, 0.1) is 5.82 Å². The van der Waals surface area contributed by atoms with E-state index in [1.807, 2.05) is 6.92 Å². The summed E-state index contributed by atoms with van der Waals surface area (Å²) in [5, 5.41) is 4.74. The van der Waals surface area contributed by atoms with E-state index in [2.05, 4.69) is 10.6 Å². The lowest BCUT2D eigenvalue weighted by atomic mass is 10.2. The van der Waals surface area contributed by atoms with Crippen LogP contribution in [0.2, 0.25) is 5.02 Å². The summed E-state index contributed by atoms with van der Waals surface area (Å²) in [5.41, 5.74) is 0.278. The van der Waals surface area contributed by atoms with Crippen LogP contribution in [0.5, 0.6) is 0 Å². The zero-order chi connectivity index (χ0) is 14.3. The molecule has 0 radical (unpaired) electrons. The molecule has 19 heavy (non-hydrogen) atoms. The second kappa shape index (κ2) is 7.74. The van der Waals surface area contributed by atoms with Gasteiger partial charge in [0.1, 0.15) is 5.82 Å². The lowest BCUT2D eigenvalue weighted by molar-refractivity contribution is -0.136. The Morgan fingerprint density at radius 2 is 2.00 bits per heavy atom. The zero-order valence-electron chi connectivity index (χ0n) is 10.6. The fraction of sp³-hybridized carbons (Fsp3) is 0.385. The molecule has 104 valence electrons. The van der Waals surface area contributed by atoms with E-state index in [0.29, 0.717) is 6.54 Å². The number of nitrogens with one attached hydrogen (secondary N) is 2. The van der Waals surface area contributed by atoms with Crippen molar-refractivity contribution in [3.63, 3.8) is 0 Å². The zero-order valence-corrected chi connectivity index (χ0v) is 11.4. The number of halogens is 2. The number of benzene rings is 1. The first-order valence-electron chi connectivity index (χ1n) is 6.08. The highest BCUT2D eigenvalue weighted by molar-refractivity contribution is 6.39. The van der Waals surface area contributed by atoms with E-state index >= 15 is 0 Å². The number of rotatable bonds is 5. The van der Waals surface area contributed by atoms with Gasteiger partial charge in [0, 0.05) is 12.2 Å². The molecule has 0 spiro atoms. The van der Waals surface area contributed by atoms with Gasteiger partial charge in [-0.1, -0.05) is 31.4 Å². The van der Waals surface area contributed by atoms with Crippen molar-refractivity contribution < 1.29 is 14.0 Å². The van der Waals surface area contributed by atoms with Gasteiger partial charge in [-0.25, -0.2) is 4.39 Å². The number of amides is 2. The first-order chi connectivity index (χ1) is 9.04. The maximum Gasteiger partial charge on any atom is 0.313 e. The molecule has 2 amide bonds. The number of carbonyl (C=O) groups excluding carboxylic acids is 2. The summed E-state index contributed by atoms with van der Waals surface area (Å²) >= 11 is 5.57. The predicted octanol–water partition coefficient (Wildman–Crippen LogP) is 2.72. The van der Waals surface area contributed by atoms with Crippen LogP contribution in [0.4, 0.5) is 10.1 Å². The van der Waals surface area contributed by atoms with E-state index in [1.165, 1.54) is 12.1 Å². The van der Waals surface area contributed by atoms with E-state index in [9.17, 15) is 14.0 Å². The number of hydrogen-bond donors (Lipinski definition) is 2. The lowest BCUT2D eigenvalue weighted by Gasteiger charge is -2.06. The quantitative estimate of drug-likeness (QED) is 0.646. The monoisotopic (exact) mass is 286 g/mol. The topological polar surface area (TPSA) is 58.2 Å². The Labute approximate surface area is 116 Å². The highest BCUT2D eigenvalue weighted by Gasteiger charge is 2.13. The number of unbranched alkanes of at least 4 members (excludes halogenated alkanes) is 2. The van der Waals surface area contributed by atoms with Gasteiger partial charge in [0.25, 0.3) is 0 Å². The second-order valence-electron chi connectivity index (χ2n) is 4.05. The highest BCUT2D eigenvalue weighted by atomic mass is 35.5. The Kier molecular flexibility index (Phi) is 6.29. The van der Waals surface area contributed by atoms with Crippen molar-refractivity contribution in [2.45, 2.75) is 26.2 Å². The molecule has 0 saturated carbocycles. The summed E-state index contributed by atoms with van der Waals surface area (Å²) in [4.78, 5) is 22.9. The van der Waals surface area contributed by atoms with Crippen molar-refractivity contribution in [1.29, 1.82) is 0 Å². The maximum atomic E-state index is 12.9. The average molecular weight is 287 g/mol. The fourth-order valence-corrected chi connectivity index (χ4v) is 1.60. The van der Waals surface area contributed by atoms with Crippen LogP contribution in [0.25, 0.3) is 0 Å². The summed E-state index contributed by atoms with van der Waals surface area (Å²) < 4.78 is 12.9. The van der Waals surface area contributed by atoms with E-state index in [4.69, 9.17) is 11.6 Å². The first-order valence-corrected chi connectivity index (χ1v) is 6.46. The first kappa shape index (κ1) is 15.4. The van der Waals surface area contributed by atoms with Crippen LogP contribution in [-0.4, -0.2) is 18.4 Å². The highest BCUT2D eigenvalue weighted by Crippen LogP contribution is 2.19. The van der Waals surface area contributed by atoms with Gasteiger partial charge in [-0.15, -0.1) is 0 Å². The van der Waals surface area contributed by atoms with Gasteiger partial charge in [-0.3, -0.25) is 9.59 Å². The van der Waals surface area contributed by atoms with Gasteiger partial charge in [-0.2, -0.15) is 0 Å². The summed E-state index contributed by atoms with van der Waals surface area (Å²) in [7, 11) is 0. The molecule has 1 rings (SSSR count). The van der Waals surface area contributed by atoms with Crippen LogP contribution < -0.4 is 10.6 Å². The minimum atomic E-state index is -0.792. The third-order valence-electron chi connectivity index (χ3n) is 2.45. The Bertz CT molecular complexity index is 466. The summed E-state index contributed by atoms with van der Waals surface area (Å²) in [6, 6.07) is 3.71. The SMILES string of the molecule is CCCCCNC(=O)C(=O)Nc1ccc(F)c(Cl)c1. The molecule has 1 aromatic carbocycles. The number of carbonyl (C=O) groups is 2.